The number of rotatable bonds is 8. The first-order chi connectivity index (χ1) is 29.8. The van der Waals surface area contributed by atoms with Crippen LogP contribution in [0.15, 0.2) is 236 Å². The molecule has 0 aromatic heterocycles. The van der Waals surface area contributed by atoms with Gasteiger partial charge in [-0.05, 0) is 145 Å². The molecular formula is C58H42N2. The second kappa shape index (κ2) is 15.2. The Hall–Kier alpha value is -7.68. The highest BCUT2D eigenvalue weighted by atomic mass is 15.2. The third kappa shape index (κ3) is 6.22. The molecule has 0 unspecified atom stereocenters. The normalized spacial score (nSPS) is 12.6. The van der Waals surface area contributed by atoms with E-state index in [1.807, 2.05) is 0 Å². The third-order valence-corrected chi connectivity index (χ3v) is 12.0. The number of allylic oxidation sites excluding steroid dienone is 4. The van der Waals surface area contributed by atoms with Gasteiger partial charge in [0, 0.05) is 34.1 Å². The summed E-state index contributed by atoms with van der Waals surface area (Å²) < 4.78 is 0. The Balaban J connectivity index is 1.29. The minimum atomic E-state index is 0.973. The van der Waals surface area contributed by atoms with E-state index in [1.165, 1.54) is 71.0 Å². The van der Waals surface area contributed by atoms with Crippen LogP contribution >= 0.6 is 0 Å². The van der Waals surface area contributed by atoms with Gasteiger partial charge in [0.1, 0.15) is 0 Å². The van der Waals surface area contributed by atoms with Crippen LogP contribution in [0.4, 0.5) is 28.4 Å². The second-order valence-corrected chi connectivity index (χ2v) is 15.6. The summed E-state index contributed by atoms with van der Waals surface area (Å²) >= 11 is 0. The van der Waals surface area contributed by atoms with Crippen LogP contribution in [0.5, 0.6) is 0 Å². The lowest BCUT2D eigenvalue weighted by atomic mass is 9.83. The fourth-order valence-electron chi connectivity index (χ4n) is 9.39. The molecule has 11 rings (SSSR count). The molecule has 1 aliphatic rings. The molecule has 0 fully saturated rings. The molecule has 0 heterocycles. The number of benzene rings is 10. The van der Waals surface area contributed by atoms with E-state index < -0.39 is 0 Å². The van der Waals surface area contributed by atoms with Crippen LogP contribution in [0.2, 0.25) is 0 Å². The van der Waals surface area contributed by atoms with Gasteiger partial charge in [0.15, 0.2) is 0 Å². The van der Waals surface area contributed by atoms with Crippen LogP contribution in [-0.4, -0.2) is 0 Å². The van der Waals surface area contributed by atoms with E-state index in [4.69, 9.17) is 0 Å². The van der Waals surface area contributed by atoms with Crippen molar-refractivity contribution in [3.8, 4) is 22.3 Å². The van der Waals surface area contributed by atoms with Crippen molar-refractivity contribution >= 4 is 71.5 Å². The Morgan fingerprint density at radius 2 is 0.750 bits per heavy atom. The largest absolute Gasteiger partial charge is 0.314 e. The van der Waals surface area contributed by atoms with Crippen molar-refractivity contribution in [3.63, 3.8) is 0 Å². The van der Waals surface area contributed by atoms with Gasteiger partial charge >= 0.3 is 0 Å². The van der Waals surface area contributed by atoms with Gasteiger partial charge in [0.25, 0.3) is 0 Å². The van der Waals surface area contributed by atoms with Gasteiger partial charge in [-0.1, -0.05) is 164 Å². The fourth-order valence-corrected chi connectivity index (χ4v) is 9.39. The van der Waals surface area contributed by atoms with Crippen LogP contribution in [0, 0.1) is 0 Å². The van der Waals surface area contributed by atoms with Crippen LogP contribution in [-0.2, 0) is 0 Å². The monoisotopic (exact) mass is 766 g/mol. The Morgan fingerprint density at radius 1 is 0.317 bits per heavy atom. The summed E-state index contributed by atoms with van der Waals surface area (Å²) in [4.78, 5) is 4.83. The molecule has 0 N–H and O–H groups in total. The molecule has 0 bridgehead atoms. The quantitative estimate of drug-likeness (QED) is 0.142. The van der Waals surface area contributed by atoms with E-state index in [1.54, 1.807) is 0 Å². The molecule has 10 aromatic rings. The Kier molecular flexibility index (Phi) is 9.02. The standard InChI is InChI=1S/C58H42N2/c1-5-23-43(24-6-1)59(44-25-7-2-8-26-44)47-35-37-53-55(39-47)57(51-33-17-21-41-19-13-15-31-49(41)51)54-38-36-48(60(45-27-9-3-10-28-45)46-29-11-4-12-30-46)40-56(54)58(53)52-34-18-22-42-20-14-16-32-50(42)52/h1-11,13-29,31-40H,12,30H2. The van der Waals surface area contributed by atoms with Crippen LogP contribution in [0.3, 0.4) is 0 Å². The summed E-state index contributed by atoms with van der Waals surface area (Å²) in [5.41, 5.74) is 11.9. The molecule has 1 aliphatic carbocycles. The van der Waals surface area contributed by atoms with Gasteiger partial charge in [0.2, 0.25) is 0 Å². The molecule has 10 aromatic carbocycles. The zero-order valence-corrected chi connectivity index (χ0v) is 33.2. The molecule has 284 valence electrons. The molecule has 0 aliphatic heterocycles. The third-order valence-electron chi connectivity index (χ3n) is 12.0. The Morgan fingerprint density at radius 3 is 1.23 bits per heavy atom. The van der Waals surface area contributed by atoms with Gasteiger partial charge in [-0.3, -0.25) is 0 Å². The predicted octanol–water partition coefficient (Wildman–Crippen LogP) is 16.5. The Bertz CT molecular complexity index is 3210. The van der Waals surface area contributed by atoms with E-state index in [2.05, 4.69) is 240 Å². The van der Waals surface area contributed by atoms with Crippen molar-refractivity contribution in [1.82, 2.24) is 0 Å². The highest BCUT2D eigenvalue weighted by molar-refractivity contribution is 6.26. The number of nitrogens with zero attached hydrogens (tertiary/aromatic N) is 2. The van der Waals surface area contributed by atoms with E-state index in [-0.39, 0.29) is 0 Å². The van der Waals surface area contributed by atoms with E-state index >= 15 is 0 Å². The van der Waals surface area contributed by atoms with Crippen molar-refractivity contribution in [2.45, 2.75) is 12.8 Å². The first-order valence-electron chi connectivity index (χ1n) is 20.9. The maximum Gasteiger partial charge on any atom is 0.0468 e. The van der Waals surface area contributed by atoms with Crippen molar-refractivity contribution in [2.24, 2.45) is 0 Å². The van der Waals surface area contributed by atoms with E-state index in [0.717, 1.165) is 41.3 Å². The maximum atomic E-state index is 2.46. The number of hydrogen-bond acceptors (Lipinski definition) is 2. The van der Waals surface area contributed by atoms with E-state index in [9.17, 15) is 0 Å². The van der Waals surface area contributed by atoms with Crippen LogP contribution in [0.1, 0.15) is 12.8 Å². The molecule has 0 spiro atoms. The summed E-state index contributed by atoms with van der Waals surface area (Å²) in [6, 6.07) is 77.8. The molecule has 0 atom stereocenters. The fraction of sp³-hybridized carbons (Fsp3) is 0.0345. The molecular weight excluding hydrogens is 725 g/mol. The summed E-state index contributed by atoms with van der Waals surface area (Å²) in [6.07, 6.45) is 8.74. The van der Waals surface area contributed by atoms with Crippen molar-refractivity contribution in [3.05, 3.63) is 236 Å². The zero-order chi connectivity index (χ0) is 39.8. The molecule has 60 heavy (non-hydrogen) atoms. The average Bonchev–Trinajstić information content (AvgIpc) is 3.32. The van der Waals surface area contributed by atoms with Gasteiger partial charge in [-0.25, -0.2) is 0 Å². The topological polar surface area (TPSA) is 6.48 Å². The second-order valence-electron chi connectivity index (χ2n) is 15.6. The summed E-state index contributed by atoms with van der Waals surface area (Å²) in [5, 5.41) is 9.81. The lowest BCUT2D eigenvalue weighted by Gasteiger charge is -2.30. The minimum absolute atomic E-state index is 0.973. The summed E-state index contributed by atoms with van der Waals surface area (Å²) in [7, 11) is 0. The maximum absolute atomic E-state index is 2.46. The molecule has 0 saturated heterocycles. The summed E-state index contributed by atoms with van der Waals surface area (Å²) in [6.45, 7) is 0. The molecule has 0 saturated carbocycles. The van der Waals surface area contributed by atoms with Crippen molar-refractivity contribution < 1.29 is 0 Å². The van der Waals surface area contributed by atoms with E-state index in [0.29, 0.717) is 0 Å². The van der Waals surface area contributed by atoms with Gasteiger partial charge in [0.05, 0.1) is 0 Å². The lowest BCUT2D eigenvalue weighted by molar-refractivity contribution is 0.918. The summed E-state index contributed by atoms with van der Waals surface area (Å²) in [5.74, 6) is 0. The lowest BCUT2D eigenvalue weighted by Crippen LogP contribution is -2.17. The first-order valence-corrected chi connectivity index (χ1v) is 20.9. The highest BCUT2D eigenvalue weighted by Crippen LogP contribution is 2.50. The number of para-hydroxylation sites is 3. The van der Waals surface area contributed by atoms with Crippen molar-refractivity contribution in [2.75, 3.05) is 9.80 Å². The zero-order valence-electron chi connectivity index (χ0n) is 33.2. The van der Waals surface area contributed by atoms with Gasteiger partial charge in [-0.2, -0.15) is 0 Å². The molecule has 2 heteroatoms. The van der Waals surface area contributed by atoms with Crippen molar-refractivity contribution in [1.29, 1.82) is 0 Å². The number of hydrogen-bond donors (Lipinski definition) is 0. The van der Waals surface area contributed by atoms with Gasteiger partial charge in [-0.15, -0.1) is 0 Å². The first kappa shape index (κ1) is 35.5. The van der Waals surface area contributed by atoms with Crippen LogP contribution in [0.25, 0.3) is 65.3 Å². The average molecular weight is 767 g/mol. The highest BCUT2D eigenvalue weighted by Gasteiger charge is 2.24. The molecule has 0 radical (unpaired) electrons. The number of fused-ring (bicyclic) bond motifs is 4. The smallest absolute Gasteiger partial charge is 0.0468 e. The predicted molar refractivity (Wildman–Crippen MR) is 257 cm³/mol. The number of anilines is 5. The minimum Gasteiger partial charge on any atom is -0.314 e. The van der Waals surface area contributed by atoms with Crippen LogP contribution < -0.4 is 9.80 Å². The SMILES string of the molecule is C1=CCCC(N(c2ccccc2)c2ccc3c(-c4cccc5ccccc45)c4cc(N(c5ccccc5)c5ccccc5)ccc4c(-c4cccc5ccccc45)c3c2)=C1. The molecule has 0 amide bonds. The van der Waals surface area contributed by atoms with Gasteiger partial charge < -0.3 is 9.80 Å². The molecule has 2 nitrogen and oxygen atoms in total. The Labute approximate surface area is 351 Å².